The van der Waals surface area contributed by atoms with Gasteiger partial charge in [0.2, 0.25) is 0 Å². The number of para-hydroxylation sites is 2. The fraction of sp³-hybridized carbons (Fsp3) is 0.562. The van der Waals surface area contributed by atoms with Crippen molar-refractivity contribution in [2.45, 2.75) is 32.7 Å². The molecule has 0 aliphatic carbocycles. The Kier molecular flexibility index (Phi) is 3.92. The summed E-state index contributed by atoms with van der Waals surface area (Å²) >= 11 is 0. The van der Waals surface area contributed by atoms with Crippen molar-refractivity contribution in [1.82, 2.24) is 9.88 Å². The third-order valence-corrected chi connectivity index (χ3v) is 3.88. The first-order valence-corrected chi connectivity index (χ1v) is 7.56. The van der Waals surface area contributed by atoms with Crippen molar-refractivity contribution in [1.29, 1.82) is 0 Å². The number of anilines is 1. The van der Waals surface area contributed by atoms with Gasteiger partial charge in [-0.3, -0.25) is 4.90 Å². The molecule has 1 N–H and O–H groups in total. The molecule has 0 unspecified atom stereocenters. The van der Waals surface area contributed by atoms with Crippen LogP contribution in [0.1, 0.15) is 26.7 Å². The highest BCUT2D eigenvalue weighted by Crippen LogP contribution is 2.21. The Labute approximate surface area is 120 Å². The average molecular weight is 273 g/mol. The van der Waals surface area contributed by atoms with Gasteiger partial charge in [0.05, 0.1) is 0 Å². The van der Waals surface area contributed by atoms with E-state index in [2.05, 4.69) is 29.0 Å². The Bertz CT molecular complexity index is 531. The van der Waals surface area contributed by atoms with Gasteiger partial charge in [0.25, 0.3) is 6.01 Å². The minimum atomic E-state index is 0.604. The molecule has 4 nitrogen and oxygen atoms in total. The SMILES string of the molecule is CC(C)CN1CCC[C@@H]1CNc1nc2ccccc2o1. The summed E-state index contributed by atoms with van der Waals surface area (Å²) in [6.07, 6.45) is 2.56. The maximum atomic E-state index is 5.70. The normalized spacial score (nSPS) is 20.1. The summed E-state index contributed by atoms with van der Waals surface area (Å²) in [6.45, 7) is 7.88. The van der Waals surface area contributed by atoms with E-state index in [9.17, 15) is 0 Å². The van der Waals surface area contributed by atoms with Crippen molar-refractivity contribution in [2.75, 3.05) is 25.0 Å². The van der Waals surface area contributed by atoms with Gasteiger partial charge in [0.15, 0.2) is 5.58 Å². The molecular formula is C16H23N3O. The topological polar surface area (TPSA) is 41.3 Å². The number of rotatable bonds is 5. The first kappa shape index (κ1) is 13.4. The Hall–Kier alpha value is -1.55. The van der Waals surface area contributed by atoms with Crippen LogP contribution in [0.3, 0.4) is 0 Å². The van der Waals surface area contributed by atoms with Crippen LogP contribution in [0.15, 0.2) is 28.7 Å². The molecule has 1 fully saturated rings. The molecule has 0 spiro atoms. The first-order valence-electron chi connectivity index (χ1n) is 7.56. The van der Waals surface area contributed by atoms with Crippen LogP contribution in [-0.2, 0) is 0 Å². The highest BCUT2D eigenvalue weighted by Gasteiger charge is 2.24. The Morgan fingerprint density at radius 1 is 1.40 bits per heavy atom. The van der Waals surface area contributed by atoms with Crippen molar-refractivity contribution in [3.05, 3.63) is 24.3 Å². The smallest absolute Gasteiger partial charge is 0.295 e. The molecule has 108 valence electrons. The van der Waals surface area contributed by atoms with Gasteiger partial charge in [-0.25, -0.2) is 0 Å². The van der Waals surface area contributed by atoms with E-state index in [1.807, 2.05) is 24.3 Å². The molecule has 2 aromatic rings. The number of nitrogens with zero attached hydrogens (tertiary/aromatic N) is 2. The van der Waals surface area contributed by atoms with Crippen molar-refractivity contribution in [3.63, 3.8) is 0 Å². The molecule has 4 heteroatoms. The highest BCUT2D eigenvalue weighted by atomic mass is 16.4. The van der Waals surface area contributed by atoms with Gasteiger partial charge >= 0.3 is 0 Å². The van der Waals surface area contributed by atoms with E-state index >= 15 is 0 Å². The van der Waals surface area contributed by atoms with Crippen LogP contribution >= 0.6 is 0 Å². The molecule has 2 heterocycles. The zero-order valence-corrected chi connectivity index (χ0v) is 12.3. The predicted octanol–water partition coefficient (Wildman–Crippen LogP) is 3.36. The van der Waals surface area contributed by atoms with Crippen molar-refractivity contribution in [3.8, 4) is 0 Å². The van der Waals surface area contributed by atoms with Gasteiger partial charge < -0.3 is 9.73 Å². The van der Waals surface area contributed by atoms with Crippen molar-refractivity contribution < 1.29 is 4.42 Å². The van der Waals surface area contributed by atoms with Gasteiger partial charge in [-0.1, -0.05) is 26.0 Å². The lowest BCUT2D eigenvalue weighted by atomic mass is 10.1. The van der Waals surface area contributed by atoms with E-state index in [0.29, 0.717) is 12.1 Å². The summed E-state index contributed by atoms with van der Waals surface area (Å²) in [6, 6.07) is 9.13. The Balaban J connectivity index is 1.61. The fourth-order valence-electron chi connectivity index (χ4n) is 2.99. The largest absolute Gasteiger partial charge is 0.424 e. The molecule has 1 aromatic heterocycles. The minimum absolute atomic E-state index is 0.604. The summed E-state index contributed by atoms with van der Waals surface area (Å²) in [5, 5.41) is 3.36. The molecule has 0 amide bonds. The number of nitrogens with one attached hydrogen (secondary N) is 1. The minimum Gasteiger partial charge on any atom is -0.424 e. The van der Waals surface area contributed by atoms with E-state index in [-0.39, 0.29) is 0 Å². The molecular weight excluding hydrogens is 250 g/mol. The number of likely N-dealkylation sites (tertiary alicyclic amines) is 1. The lowest BCUT2D eigenvalue weighted by Gasteiger charge is -2.25. The molecule has 0 saturated carbocycles. The number of fused-ring (bicyclic) bond motifs is 1. The number of hydrogen-bond donors (Lipinski definition) is 1. The van der Waals surface area contributed by atoms with Crippen LogP contribution in [0.5, 0.6) is 0 Å². The predicted molar refractivity (Wildman–Crippen MR) is 81.9 cm³/mol. The number of benzene rings is 1. The maximum Gasteiger partial charge on any atom is 0.295 e. The lowest BCUT2D eigenvalue weighted by Crippen LogP contribution is -2.37. The molecule has 1 aromatic carbocycles. The third-order valence-electron chi connectivity index (χ3n) is 3.88. The van der Waals surface area contributed by atoms with Gasteiger partial charge in [0.1, 0.15) is 5.52 Å². The number of oxazole rings is 1. The van der Waals surface area contributed by atoms with Crippen molar-refractivity contribution in [2.24, 2.45) is 5.92 Å². The maximum absolute atomic E-state index is 5.70. The number of aromatic nitrogens is 1. The molecule has 1 aliphatic rings. The zero-order chi connectivity index (χ0) is 13.9. The lowest BCUT2D eigenvalue weighted by molar-refractivity contribution is 0.233. The van der Waals surface area contributed by atoms with E-state index in [0.717, 1.165) is 23.6 Å². The molecule has 0 bridgehead atoms. The molecule has 1 atom stereocenters. The molecule has 3 rings (SSSR count). The second kappa shape index (κ2) is 5.83. The molecule has 1 aliphatic heterocycles. The van der Waals surface area contributed by atoms with Crippen LogP contribution in [0, 0.1) is 5.92 Å². The monoisotopic (exact) mass is 273 g/mol. The molecule has 20 heavy (non-hydrogen) atoms. The van der Waals surface area contributed by atoms with Crippen LogP contribution in [0.25, 0.3) is 11.1 Å². The third kappa shape index (κ3) is 2.96. The summed E-state index contributed by atoms with van der Waals surface area (Å²) in [7, 11) is 0. The van der Waals surface area contributed by atoms with E-state index in [1.54, 1.807) is 0 Å². The van der Waals surface area contributed by atoms with Gasteiger partial charge in [-0.2, -0.15) is 4.98 Å². The van der Waals surface area contributed by atoms with Gasteiger partial charge in [-0.15, -0.1) is 0 Å². The van der Waals surface area contributed by atoms with E-state index < -0.39 is 0 Å². The van der Waals surface area contributed by atoms with Gasteiger partial charge in [-0.05, 0) is 37.4 Å². The summed E-state index contributed by atoms with van der Waals surface area (Å²) in [4.78, 5) is 7.05. The second-order valence-corrected chi connectivity index (χ2v) is 6.05. The van der Waals surface area contributed by atoms with Crippen LogP contribution in [-0.4, -0.2) is 35.6 Å². The fourth-order valence-corrected chi connectivity index (χ4v) is 2.99. The van der Waals surface area contributed by atoms with E-state index in [1.165, 1.54) is 25.9 Å². The van der Waals surface area contributed by atoms with E-state index in [4.69, 9.17) is 4.42 Å². The molecule has 1 saturated heterocycles. The zero-order valence-electron chi connectivity index (χ0n) is 12.3. The van der Waals surface area contributed by atoms with Crippen molar-refractivity contribution >= 4 is 17.1 Å². The number of hydrogen-bond acceptors (Lipinski definition) is 4. The second-order valence-electron chi connectivity index (χ2n) is 6.05. The van der Waals surface area contributed by atoms with Crippen LogP contribution in [0.4, 0.5) is 6.01 Å². The Morgan fingerprint density at radius 2 is 2.25 bits per heavy atom. The quantitative estimate of drug-likeness (QED) is 0.907. The summed E-state index contributed by atoms with van der Waals surface area (Å²) in [5.41, 5.74) is 1.76. The standard InChI is InChI=1S/C16H23N3O/c1-12(2)11-19-9-5-6-13(19)10-17-16-18-14-7-3-4-8-15(14)20-16/h3-4,7-8,12-13H,5-6,9-11H2,1-2H3,(H,17,18)/t13-/m1/s1. The van der Waals surface area contributed by atoms with Gasteiger partial charge in [0, 0.05) is 19.1 Å². The van der Waals surface area contributed by atoms with Crippen LogP contribution < -0.4 is 5.32 Å². The average Bonchev–Trinajstić information content (AvgIpc) is 3.01. The molecule has 0 radical (unpaired) electrons. The Morgan fingerprint density at radius 3 is 3.05 bits per heavy atom. The van der Waals surface area contributed by atoms with Crippen LogP contribution in [0.2, 0.25) is 0 Å². The summed E-state index contributed by atoms with van der Waals surface area (Å²) in [5.74, 6) is 0.722. The summed E-state index contributed by atoms with van der Waals surface area (Å²) < 4.78 is 5.70. The first-order chi connectivity index (χ1) is 9.72. The highest BCUT2D eigenvalue weighted by molar-refractivity contribution is 5.74.